The Balaban J connectivity index is 1.75. The number of nitrogens with zero attached hydrogens (tertiary/aromatic N) is 3. The van der Waals surface area contributed by atoms with Crippen molar-refractivity contribution in [2.75, 3.05) is 25.0 Å². The molecule has 10 nitrogen and oxygen atoms in total. The zero-order valence-corrected chi connectivity index (χ0v) is 19.3. The fourth-order valence-corrected chi connectivity index (χ4v) is 4.76. The Morgan fingerprint density at radius 3 is 2.57 bits per heavy atom. The van der Waals surface area contributed by atoms with Crippen LogP contribution in [-0.4, -0.2) is 55.1 Å². The molecule has 1 amide bonds. The minimum Gasteiger partial charge on any atom is -0.390 e. The molecule has 35 heavy (non-hydrogen) atoms. The number of oxime groups is 1. The Hall–Kier alpha value is -3.01. The van der Waals surface area contributed by atoms with E-state index in [1.165, 1.54) is 0 Å². The lowest BCUT2D eigenvalue weighted by atomic mass is 10.2. The van der Waals surface area contributed by atoms with E-state index >= 15 is 0 Å². The third kappa shape index (κ3) is 6.56. The van der Waals surface area contributed by atoms with E-state index in [0.717, 1.165) is 28.6 Å². The smallest absolute Gasteiger partial charge is 0.390 e. The quantitative estimate of drug-likeness (QED) is 0.192. The molecule has 16 heteroatoms. The molecule has 3 rings (SSSR count). The summed E-state index contributed by atoms with van der Waals surface area (Å²) >= 11 is 5.87. The lowest BCUT2D eigenvalue weighted by Gasteiger charge is -2.24. The number of benzene rings is 1. The molecule has 190 valence electrons. The molecule has 4 N–H and O–H groups in total. The molecule has 0 spiro atoms. The Labute approximate surface area is 202 Å². The lowest BCUT2D eigenvalue weighted by Crippen LogP contribution is -2.41. The van der Waals surface area contributed by atoms with Crippen LogP contribution < -0.4 is 16.6 Å². The van der Waals surface area contributed by atoms with Crippen LogP contribution in [0.5, 0.6) is 0 Å². The molecule has 2 heterocycles. The number of sulfonamides is 1. The molecule has 0 saturated heterocycles. The highest BCUT2D eigenvalue weighted by atomic mass is 35.5. The minimum atomic E-state index is -4.63. The number of alkyl halides is 3. The highest BCUT2D eigenvalue weighted by Crippen LogP contribution is 2.32. The maximum atomic E-state index is 13.3. The van der Waals surface area contributed by atoms with Gasteiger partial charge in [-0.1, -0.05) is 16.8 Å². The van der Waals surface area contributed by atoms with Crippen LogP contribution in [0.2, 0.25) is 5.02 Å². The number of rotatable bonds is 9. The van der Waals surface area contributed by atoms with Gasteiger partial charge in [0.15, 0.2) is 0 Å². The first-order valence-corrected chi connectivity index (χ1v) is 11.7. The van der Waals surface area contributed by atoms with E-state index in [-0.39, 0.29) is 47.5 Å². The molecular formula is C19H19ClF4N6O4S. The monoisotopic (exact) mass is 538 g/mol. The number of hydrogen-bond acceptors (Lipinski definition) is 8. The van der Waals surface area contributed by atoms with E-state index in [0.29, 0.717) is 12.3 Å². The predicted molar refractivity (Wildman–Crippen MR) is 117 cm³/mol. The van der Waals surface area contributed by atoms with Gasteiger partial charge in [-0.3, -0.25) is 10.2 Å². The predicted octanol–water partition coefficient (Wildman–Crippen LogP) is 2.13. The van der Waals surface area contributed by atoms with Crippen molar-refractivity contribution in [2.45, 2.75) is 23.6 Å². The minimum absolute atomic E-state index is 0.0296. The summed E-state index contributed by atoms with van der Waals surface area (Å²) in [5.41, 5.74) is 0.826. The standard InChI is InChI=1S/C19H19ClF4N6O4S/c20-15-7-11(19(22,23)24)9-27-17(15)26-5-6-30(10-13-8-16(29-34-13)18(31)28-25)35(32,33)14-3-1-12(21)2-4-14/h1-4,7,9,13H,5-6,8,10,25H2,(H,26,27)(H,28,31). The van der Waals surface area contributed by atoms with Crippen molar-refractivity contribution in [3.8, 4) is 0 Å². The molecule has 1 unspecified atom stereocenters. The number of nitrogens with one attached hydrogen (secondary N) is 2. The van der Waals surface area contributed by atoms with Crippen molar-refractivity contribution in [3.63, 3.8) is 0 Å². The Morgan fingerprint density at radius 1 is 1.29 bits per heavy atom. The van der Waals surface area contributed by atoms with Crippen LogP contribution in [0.3, 0.4) is 0 Å². The first-order chi connectivity index (χ1) is 16.4. The van der Waals surface area contributed by atoms with Gasteiger partial charge in [-0.2, -0.15) is 17.5 Å². The molecule has 0 bridgehead atoms. The number of pyridine rings is 1. The molecule has 0 saturated carbocycles. The number of hydrazine groups is 1. The number of carbonyl (C=O) groups excluding carboxylic acids is 1. The molecule has 1 atom stereocenters. The summed E-state index contributed by atoms with van der Waals surface area (Å²) in [6.45, 7) is -0.570. The molecule has 1 aromatic heterocycles. The van der Waals surface area contributed by atoms with Crippen molar-refractivity contribution < 1.29 is 35.6 Å². The summed E-state index contributed by atoms with van der Waals surface area (Å²) in [4.78, 5) is 20.2. The summed E-state index contributed by atoms with van der Waals surface area (Å²) in [6.07, 6.45) is -4.89. The van der Waals surface area contributed by atoms with Crippen LogP contribution in [0.25, 0.3) is 0 Å². The van der Waals surface area contributed by atoms with Crippen LogP contribution in [-0.2, 0) is 25.8 Å². The first-order valence-electron chi connectivity index (χ1n) is 9.87. The van der Waals surface area contributed by atoms with Gasteiger partial charge in [-0.25, -0.2) is 23.6 Å². The molecule has 0 radical (unpaired) electrons. The number of anilines is 1. The van der Waals surface area contributed by atoms with E-state index < -0.39 is 39.6 Å². The summed E-state index contributed by atoms with van der Waals surface area (Å²) in [6, 6.07) is 4.82. The van der Waals surface area contributed by atoms with Gasteiger partial charge >= 0.3 is 6.18 Å². The van der Waals surface area contributed by atoms with Gasteiger partial charge < -0.3 is 10.2 Å². The largest absolute Gasteiger partial charge is 0.417 e. The lowest BCUT2D eigenvalue weighted by molar-refractivity contribution is -0.137. The number of amides is 1. The van der Waals surface area contributed by atoms with Crippen molar-refractivity contribution in [1.82, 2.24) is 14.7 Å². The average molecular weight is 539 g/mol. The molecular weight excluding hydrogens is 520 g/mol. The van der Waals surface area contributed by atoms with Crippen molar-refractivity contribution in [2.24, 2.45) is 11.0 Å². The fourth-order valence-electron chi connectivity index (χ4n) is 3.06. The summed E-state index contributed by atoms with van der Waals surface area (Å²) < 4.78 is 79.1. The third-order valence-corrected chi connectivity index (χ3v) is 6.97. The van der Waals surface area contributed by atoms with Gasteiger partial charge in [-0.15, -0.1) is 0 Å². The van der Waals surface area contributed by atoms with Crippen LogP contribution in [0.1, 0.15) is 12.0 Å². The zero-order chi connectivity index (χ0) is 25.8. The Kier molecular flexibility index (Phi) is 8.15. The van der Waals surface area contributed by atoms with Gasteiger partial charge in [0.05, 0.1) is 22.0 Å². The summed E-state index contributed by atoms with van der Waals surface area (Å²) in [5, 5.41) is 5.97. The maximum absolute atomic E-state index is 13.3. The zero-order valence-electron chi connectivity index (χ0n) is 17.7. The van der Waals surface area contributed by atoms with Crippen molar-refractivity contribution >= 4 is 39.1 Å². The molecule has 1 aromatic carbocycles. The van der Waals surface area contributed by atoms with E-state index in [2.05, 4.69) is 15.5 Å². The summed E-state index contributed by atoms with van der Waals surface area (Å²) in [7, 11) is -4.17. The topological polar surface area (TPSA) is 139 Å². The van der Waals surface area contributed by atoms with E-state index in [1.54, 1.807) is 0 Å². The number of hydrogen-bond donors (Lipinski definition) is 3. The van der Waals surface area contributed by atoms with Gasteiger partial charge in [-0.05, 0) is 30.3 Å². The molecule has 0 aliphatic carbocycles. The van der Waals surface area contributed by atoms with Gasteiger partial charge in [0.1, 0.15) is 23.5 Å². The number of aromatic nitrogens is 1. The molecule has 2 aromatic rings. The van der Waals surface area contributed by atoms with E-state index in [9.17, 15) is 30.8 Å². The highest BCUT2D eigenvalue weighted by molar-refractivity contribution is 7.89. The summed E-state index contributed by atoms with van der Waals surface area (Å²) in [5.74, 6) is 3.66. The van der Waals surface area contributed by atoms with Crippen LogP contribution in [0.4, 0.5) is 23.4 Å². The molecule has 1 aliphatic rings. The van der Waals surface area contributed by atoms with Gasteiger partial charge in [0.25, 0.3) is 5.91 Å². The first kappa shape index (κ1) is 26.6. The van der Waals surface area contributed by atoms with Crippen LogP contribution in [0, 0.1) is 5.82 Å². The fraction of sp³-hybridized carbons (Fsp3) is 0.316. The Bertz CT molecular complexity index is 1210. The SMILES string of the molecule is NNC(=O)C1=NOC(CN(CCNc2ncc(C(F)(F)F)cc2Cl)S(=O)(=O)c2ccc(F)cc2)C1. The number of carbonyl (C=O) groups is 1. The number of halogens is 5. The Morgan fingerprint density at radius 2 is 1.97 bits per heavy atom. The van der Waals surface area contributed by atoms with E-state index in [4.69, 9.17) is 22.3 Å². The normalized spacial score (nSPS) is 16.1. The second kappa shape index (κ2) is 10.7. The van der Waals surface area contributed by atoms with Crippen molar-refractivity contribution in [1.29, 1.82) is 0 Å². The van der Waals surface area contributed by atoms with E-state index in [1.807, 2.05) is 5.43 Å². The number of nitrogens with two attached hydrogens (primary N) is 1. The highest BCUT2D eigenvalue weighted by Gasteiger charge is 2.33. The average Bonchev–Trinajstić information content (AvgIpc) is 3.27. The molecule has 0 fully saturated rings. The second-order valence-corrected chi connectivity index (χ2v) is 9.58. The van der Waals surface area contributed by atoms with Gasteiger partial charge in [0, 0.05) is 25.7 Å². The van der Waals surface area contributed by atoms with Crippen molar-refractivity contribution in [3.05, 3.63) is 52.9 Å². The van der Waals surface area contributed by atoms with Crippen LogP contribution >= 0.6 is 11.6 Å². The second-order valence-electron chi connectivity index (χ2n) is 7.24. The third-order valence-electron chi connectivity index (χ3n) is 4.81. The maximum Gasteiger partial charge on any atom is 0.417 e. The van der Waals surface area contributed by atoms with Gasteiger partial charge in [0.2, 0.25) is 10.0 Å². The van der Waals surface area contributed by atoms with Crippen LogP contribution in [0.15, 0.2) is 46.6 Å². The molecule has 1 aliphatic heterocycles.